The predicted molar refractivity (Wildman–Crippen MR) is 118 cm³/mol. The fourth-order valence-electron chi connectivity index (χ4n) is 2.78. The molecule has 31 heavy (non-hydrogen) atoms. The van der Waals surface area contributed by atoms with E-state index in [1.165, 1.54) is 18.7 Å². The molecule has 1 atom stereocenters. The summed E-state index contributed by atoms with van der Waals surface area (Å²) in [5.74, 6) is -0.446. The van der Waals surface area contributed by atoms with Gasteiger partial charge in [-0.05, 0) is 36.8 Å². The first-order valence-corrected chi connectivity index (χ1v) is 10.7. The van der Waals surface area contributed by atoms with Crippen LogP contribution in [0.4, 0.5) is 21.8 Å². The Hall–Kier alpha value is -3.39. The number of anilines is 3. The molecule has 1 aromatic heterocycles. The number of amides is 2. The first-order chi connectivity index (χ1) is 14.9. The minimum atomic E-state index is -0.793. The lowest BCUT2D eigenvalue weighted by Crippen LogP contribution is -2.36. The van der Waals surface area contributed by atoms with Crippen LogP contribution < -0.4 is 21.7 Å². The van der Waals surface area contributed by atoms with Crippen LogP contribution in [-0.2, 0) is 16.3 Å². The Morgan fingerprint density at radius 3 is 2.77 bits per heavy atom. The molecule has 1 aromatic carbocycles. The van der Waals surface area contributed by atoms with Gasteiger partial charge in [0.1, 0.15) is 29.4 Å². The first kappa shape index (κ1) is 23.9. The number of carbonyl (C=O) groups is 2. The number of nitrogens with zero attached hydrogens (tertiary/aromatic N) is 3. The van der Waals surface area contributed by atoms with E-state index in [0.717, 1.165) is 0 Å². The Kier molecular flexibility index (Phi) is 9.02. The van der Waals surface area contributed by atoms with Crippen molar-refractivity contribution in [2.45, 2.75) is 37.5 Å². The van der Waals surface area contributed by atoms with E-state index in [9.17, 15) is 19.2 Å². The molecule has 0 aliphatic rings. The molecule has 0 spiro atoms. The second-order valence-corrected chi connectivity index (χ2v) is 7.37. The van der Waals surface area contributed by atoms with Crippen molar-refractivity contribution >= 4 is 41.0 Å². The average Bonchev–Trinajstić information content (AvgIpc) is 2.75. The fourth-order valence-corrected chi connectivity index (χ4v) is 3.31. The highest BCUT2D eigenvalue weighted by molar-refractivity contribution is 7.98. The normalized spacial score (nSPS) is 11.3. The summed E-state index contributed by atoms with van der Waals surface area (Å²) >= 11 is 1.24. The first-order valence-electron chi connectivity index (χ1n) is 9.46. The van der Waals surface area contributed by atoms with Crippen LogP contribution in [0.15, 0.2) is 29.3 Å². The van der Waals surface area contributed by atoms with Gasteiger partial charge < -0.3 is 21.7 Å². The van der Waals surface area contributed by atoms with Gasteiger partial charge in [0, 0.05) is 19.2 Å². The molecule has 2 amide bonds. The van der Waals surface area contributed by atoms with E-state index in [0.29, 0.717) is 35.7 Å². The number of thioether (sulfide) groups is 1. The topological polar surface area (TPSA) is 146 Å². The molecule has 0 saturated heterocycles. The molecule has 0 bridgehead atoms. The zero-order valence-electron chi connectivity index (χ0n) is 17.2. The number of hydrogen-bond donors (Lipinski definition) is 4. The summed E-state index contributed by atoms with van der Waals surface area (Å²) in [6, 6.07) is 7.71. The number of aromatic nitrogens is 2. The maximum absolute atomic E-state index is 13.0. The highest BCUT2D eigenvalue weighted by atomic mass is 32.2. The molecule has 0 radical (unpaired) electrons. The Morgan fingerprint density at radius 1 is 1.35 bits per heavy atom. The number of benzene rings is 1. The zero-order chi connectivity index (χ0) is 22.8. The molecule has 1 heterocycles. The van der Waals surface area contributed by atoms with Gasteiger partial charge in [0.2, 0.25) is 17.8 Å². The van der Waals surface area contributed by atoms with E-state index < -0.39 is 18.6 Å². The number of nitrogen functional groups attached to an aromatic ring is 1. The molecule has 0 saturated carbocycles. The maximum atomic E-state index is 13.0. The molecule has 5 N–H and O–H groups in total. The lowest BCUT2D eigenvalue weighted by Gasteiger charge is -2.20. The van der Waals surface area contributed by atoms with Gasteiger partial charge >= 0.3 is 0 Å². The number of nitriles is 1. The molecule has 0 aliphatic heterocycles. The molecular weight excluding hydrogens is 421 g/mol. The number of halogens is 1. The van der Waals surface area contributed by atoms with E-state index in [1.807, 2.05) is 6.07 Å². The van der Waals surface area contributed by atoms with Crippen molar-refractivity contribution in [2.24, 2.45) is 0 Å². The summed E-state index contributed by atoms with van der Waals surface area (Å²) in [5.41, 5.74) is 6.82. The number of nitrogens with two attached hydrogens (primary N) is 1. The molecular formula is C20H24FN7O2S. The molecule has 2 aromatic rings. The predicted octanol–water partition coefficient (Wildman–Crippen LogP) is 2.46. The molecule has 0 fully saturated rings. The maximum Gasteiger partial charge on any atom is 0.246 e. The number of rotatable bonds is 10. The van der Waals surface area contributed by atoms with Crippen molar-refractivity contribution in [3.05, 3.63) is 35.4 Å². The van der Waals surface area contributed by atoms with Crippen molar-refractivity contribution in [3.8, 4) is 6.07 Å². The number of alkyl halides is 1. The standard InChI is InChI=1S/C20H24FN7O2S/c1-12(29)24-8-4-7-16(18(30)25-14-6-3-5-13(9-14)10-21)26-17-15(11-22)19(31-2)28-20(23)27-17/h3,5-6,9,16H,4,7-8,10H2,1-2H3,(H,24,29)(H,25,30)(H3,23,26,27,28)/t16-/m0/s1. The van der Waals surface area contributed by atoms with Crippen LogP contribution in [0.2, 0.25) is 0 Å². The van der Waals surface area contributed by atoms with Crippen LogP contribution in [0.3, 0.4) is 0 Å². The van der Waals surface area contributed by atoms with Crippen molar-refractivity contribution < 1.29 is 14.0 Å². The number of hydrogen-bond acceptors (Lipinski definition) is 8. The highest BCUT2D eigenvalue weighted by Gasteiger charge is 2.22. The third-order valence-corrected chi connectivity index (χ3v) is 4.90. The van der Waals surface area contributed by atoms with Crippen molar-refractivity contribution in [1.29, 1.82) is 5.26 Å². The number of carbonyl (C=O) groups excluding carboxylic acids is 2. The van der Waals surface area contributed by atoms with Gasteiger partial charge in [-0.1, -0.05) is 12.1 Å². The monoisotopic (exact) mass is 445 g/mol. The second kappa shape index (κ2) is 11.7. The quantitative estimate of drug-likeness (QED) is 0.248. The Morgan fingerprint density at radius 2 is 2.13 bits per heavy atom. The Balaban J connectivity index is 2.25. The van der Waals surface area contributed by atoms with Crippen LogP contribution in [0.1, 0.15) is 30.9 Å². The lowest BCUT2D eigenvalue weighted by atomic mass is 10.1. The van der Waals surface area contributed by atoms with Crippen LogP contribution in [0.25, 0.3) is 0 Å². The summed E-state index contributed by atoms with van der Waals surface area (Å²) in [7, 11) is 0. The molecule has 2 rings (SSSR count). The summed E-state index contributed by atoms with van der Waals surface area (Å²) in [4.78, 5) is 32.2. The molecule has 0 unspecified atom stereocenters. The molecule has 164 valence electrons. The largest absolute Gasteiger partial charge is 0.368 e. The lowest BCUT2D eigenvalue weighted by molar-refractivity contribution is -0.119. The van der Waals surface area contributed by atoms with Crippen LogP contribution in [0, 0.1) is 11.3 Å². The zero-order valence-corrected chi connectivity index (χ0v) is 18.1. The van der Waals surface area contributed by atoms with Gasteiger partial charge in [0.15, 0.2) is 5.82 Å². The number of nitrogens with one attached hydrogen (secondary N) is 3. The summed E-state index contributed by atoms with van der Waals surface area (Å²) < 4.78 is 12.9. The molecule has 9 nitrogen and oxygen atoms in total. The van der Waals surface area contributed by atoms with E-state index in [4.69, 9.17) is 5.73 Å². The van der Waals surface area contributed by atoms with Gasteiger partial charge in [0.05, 0.1) is 0 Å². The minimum Gasteiger partial charge on any atom is -0.368 e. The molecule has 0 aliphatic carbocycles. The van der Waals surface area contributed by atoms with Crippen LogP contribution >= 0.6 is 11.8 Å². The van der Waals surface area contributed by atoms with Gasteiger partial charge in [-0.2, -0.15) is 10.2 Å². The third kappa shape index (κ3) is 7.11. The van der Waals surface area contributed by atoms with Gasteiger partial charge in [-0.25, -0.2) is 9.37 Å². The highest BCUT2D eigenvalue weighted by Crippen LogP contribution is 2.25. The smallest absolute Gasteiger partial charge is 0.246 e. The fraction of sp³-hybridized carbons (Fsp3) is 0.350. The summed E-state index contributed by atoms with van der Waals surface area (Å²) in [5, 5.41) is 18.3. The van der Waals surface area contributed by atoms with Crippen LogP contribution in [0.5, 0.6) is 0 Å². The van der Waals surface area contributed by atoms with E-state index >= 15 is 0 Å². The van der Waals surface area contributed by atoms with Crippen molar-refractivity contribution in [3.63, 3.8) is 0 Å². The van der Waals surface area contributed by atoms with Crippen LogP contribution in [-0.4, -0.2) is 40.6 Å². The third-order valence-electron chi connectivity index (χ3n) is 4.22. The van der Waals surface area contributed by atoms with Gasteiger partial charge in [-0.15, -0.1) is 11.8 Å². The van der Waals surface area contributed by atoms with Gasteiger partial charge in [-0.3, -0.25) is 9.59 Å². The van der Waals surface area contributed by atoms with E-state index in [1.54, 1.807) is 30.5 Å². The molecule has 11 heteroatoms. The minimum absolute atomic E-state index is 0.0288. The van der Waals surface area contributed by atoms with Crippen molar-refractivity contribution in [1.82, 2.24) is 15.3 Å². The van der Waals surface area contributed by atoms with Crippen molar-refractivity contribution in [2.75, 3.05) is 29.2 Å². The summed E-state index contributed by atoms with van der Waals surface area (Å²) in [6.45, 7) is 1.14. The summed E-state index contributed by atoms with van der Waals surface area (Å²) in [6.07, 6.45) is 2.58. The van der Waals surface area contributed by atoms with E-state index in [2.05, 4.69) is 25.9 Å². The van der Waals surface area contributed by atoms with Gasteiger partial charge in [0.25, 0.3) is 0 Å². The van der Waals surface area contributed by atoms with E-state index in [-0.39, 0.29) is 23.2 Å². The second-order valence-electron chi connectivity index (χ2n) is 6.57. The SMILES string of the molecule is CSc1nc(N)nc(N[C@@H](CCCNC(C)=O)C(=O)Nc2cccc(CF)c2)c1C#N. The Bertz CT molecular complexity index is 980. The average molecular weight is 446 g/mol. The Labute approximate surface area is 184 Å².